The number of pyridine rings is 1. The van der Waals surface area contributed by atoms with Crippen LogP contribution in [0.25, 0.3) is 44.4 Å². The summed E-state index contributed by atoms with van der Waals surface area (Å²) in [6, 6.07) is 39.9. The zero-order valence-corrected chi connectivity index (χ0v) is 28.6. The zero-order chi connectivity index (χ0) is 31.0. The van der Waals surface area contributed by atoms with Crippen LogP contribution in [0.5, 0.6) is 17.4 Å². The van der Waals surface area contributed by atoms with E-state index in [4.69, 9.17) is 19.6 Å². The quantitative estimate of drug-likeness (QED) is 0.144. The smallest absolute Gasteiger partial charge is 0.509 e. The molecule has 0 N–H and O–H groups in total. The van der Waals surface area contributed by atoms with Crippen LogP contribution in [-0.2, 0) is 21.1 Å². The second kappa shape index (κ2) is 13.2. The minimum atomic E-state index is 0. The number of benzene rings is 4. The largest absolute Gasteiger partial charge is 2.00 e. The van der Waals surface area contributed by atoms with Crippen LogP contribution in [0.4, 0.5) is 0 Å². The number of fused-ring (bicyclic) bond motifs is 3. The number of nitrogens with zero attached hydrogens (tertiary/aromatic N) is 4. The van der Waals surface area contributed by atoms with Crippen molar-refractivity contribution in [1.82, 2.24) is 19.3 Å². The summed E-state index contributed by atoms with van der Waals surface area (Å²) in [6.07, 6.45) is 6.58. The first-order valence-corrected chi connectivity index (χ1v) is 16.1. The summed E-state index contributed by atoms with van der Waals surface area (Å²) in [5.74, 6) is 3.17. The van der Waals surface area contributed by atoms with Crippen molar-refractivity contribution in [3.8, 4) is 40.0 Å². The molecule has 0 unspecified atom stereocenters. The summed E-state index contributed by atoms with van der Waals surface area (Å²) in [4.78, 5) is 4.70. The van der Waals surface area contributed by atoms with E-state index in [-0.39, 0.29) is 21.1 Å². The van der Waals surface area contributed by atoms with Crippen molar-refractivity contribution in [2.24, 2.45) is 0 Å². The van der Waals surface area contributed by atoms with Crippen LogP contribution >= 0.6 is 0 Å². The van der Waals surface area contributed by atoms with Gasteiger partial charge in [0.1, 0.15) is 5.82 Å². The maximum Gasteiger partial charge on any atom is 2.00 e. The number of aryl methyl sites for hydroxylation is 1. The third kappa shape index (κ3) is 5.76. The Kier molecular flexibility index (Phi) is 8.70. The van der Waals surface area contributed by atoms with E-state index in [0.717, 1.165) is 74.4 Å². The summed E-state index contributed by atoms with van der Waals surface area (Å²) in [5, 5.41) is 7.45. The number of ether oxygens (including phenoxy) is 2. The Morgan fingerprint density at radius 1 is 0.830 bits per heavy atom. The summed E-state index contributed by atoms with van der Waals surface area (Å²) in [7, 11) is 0. The average Bonchev–Trinajstić information content (AvgIpc) is 3.82. The third-order valence-electron chi connectivity index (χ3n) is 8.84. The molecule has 0 saturated heterocycles. The van der Waals surface area contributed by atoms with Crippen LogP contribution in [0.3, 0.4) is 0 Å². The average molecular weight is 798 g/mol. The minimum Gasteiger partial charge on any atom is -0.509 e. The van der Waals surface area contributed by atoms with Crippen molar-refractivity contribution in [2.45, 2.75) is 45.4 Å². The fraction of sp³-hybridized carbons (Fsp3) is 0.200. The predicted molar refractivity (Wildman–Crippen MR) is 182 cm³/mol. The summed E-state index contributed by atoms with van der Waals surface area (Å²) in [5.41, 5.74) is 7.19. The summed E-state index contributed by atoms with van der Waals surface area (Å²) >= 11 is 0. The monoisotopic (exact) mass is 797 g/mol. The molecule has 0 bridgehead atoms. The van der Waals surface area contributed by atoms with Crippen molar-refractivity contribution in [3.63, 3.8) is 0 Å². The molecule has 3 aromatic heterocycles. The molecule has 7 aromatic rings. The molecule has 47 heavy (non-hydrogen) atoms. The molecule has 0 radical (unpaired) electrons. The maximum absolute atomic E-state index is 6.45. The van der Waals surface area contributed by atoms with E-state index in [1.54, 1.807) is 0 Å². The Morgan fingerprint density at radius 2 is 1.62 bits per heavy atom. The fourth-order valence-electron chi connectivity index (χ4n) is 6.77. The molecule has 4 aromatic carbocycles. The van der Waals surface area contributed by atoms with Gasteiger partial charge in [-0.3, -0.25) is 0 Å². The van der Waals surface area contributed by atoms with Gasteiger partial charge in [0.05, 0.1) is 17.9 Å². The Bertz CT molecular complexity index is 2180. The van der Waals surface area contributed by atoms with Crippen LogP contribution in [0.15, 0.2) is 103 Å². The molecule has 1 fully saturated rings. The van der Waals surface area contributed by atoms with E-state index in [9.17, 15) is 0 Å². The van der Waals surface area contributed by atoms with Crippen molar-refractivity contribution in [1.29, 1.82) is 0 Å². The molecule has 1 aliphatic carbocycles. The number of rotatable bonds is 8. The van der Waals surface area contributed by atoms with Crippen LogP contribution in [-0.4, -0.2) is 25.9 Å². The van der Waals surface area contributed by atoms with Gasteiger partial charge in [0.2, 0.25) is 5.88 Å². The van der Waals surface area contributed by atoms with Crippen LogP contribution in [0.1, 0.15) is 49.8 Å². The van der Waals surface area contributed by atoms with Gasteiger partial charge in [-0.25, -0.2) is 9.67 Å². The Hall–Kier alpha value is -4.67. The van der Waals surface area contributed by atoms with E-state index in [1.807, 2.05) is 54.2 Å². The molecule has 0 aliphatic heterocycles. The zero-order valence-electron chi connectivity index (χ0n) is 26.3. The summed E-state index contributed by atoms with van der Waals surface area (Å²) < 4.78 is 16.8. The number of hydrogen-bond acceptors (Lipinski definition) is 4. The first-order valence-electron chi connectivity index (χ1n) is 16.1. The van der Waals surface area contributed by atoms with E-state index in [1.165, 1.54) is 12.8 Å². The Balaban J connectivity index is 0.00000351. The first-order chi connectivity index (χ1) is 22.7. The molecule has 1 aliphatic rings. The molecule has 236 valence electrons. The van der Waals surface area contributed by atoms with Crippen molar-refractivity contribution < 1.29 is 30.5 Å². The van der Waals surface area contributed by atoms with E-state index >= 15 is 0 Å². The van der Waals surface area contributed by atoms with E-state index in [0.29, 0.717) is 24.0 Å². The molecule has 3 heterocycles. The van der Waals surface area contributed by atoms with Crippen molar-refractivity contribution in [2.75, 3.05) is 6.61 Å². The van der Waals surface area contributed by atoms with E-state index in [2.05, 4.69) is 84.3 Å². The van der Waals surface area contributed by atoms with E-state index < -0.39 is 0 Å². The molecule has 1 saturated carbocycles. The topological polar surface area (TPSA) is 54.1 Å². The normalized spacial score (nSPS) is 13.2. The molecule has 0 spiro atoms. The van der Waals surface area contributed by atoms with Gasteiger partial charge in [-0.15, -0.1) is 35.7 Å². The molecule has 0 atom stereocenters. The van der Waals surface area contributed by atoms with Gasteiger partial charge in [0, 0.05) is 29.1 Å². The van der Waals surface area contributed by atoms with Gasteiger partial charge in [-0.1, -0.05) is 66.9 Å². The molecule has 0 amide bonds. The van der Waals surface area contributed by atoms with Crippen LogP contribution in [0, 0.1) is 19.1 Å². The van der Waals surface area contributed by atoms with Gasteiger partial charge in [0.15, 0.2) is 0 Å². The van der Waals surface area contributed by atoms with Crippen molar-refractivity contribution >= 4 is 21.8 Å². The van der Waals surface area contributed by atoms with Gasteiger partial charge in [-0.05, 0) is 67.1 Å². The molecular formula is C40H34N4O2Pt. The third-order valence-corrected chi connectivity index (χ3v) is 8.84. The Morgan fingerprint density at radius 3 is 2.43 bits per heavy atom. The standard InChI is InChI=1S/C40H34N4O2.Pt/c1-3-45-40-38(28-12-5-4-6-13-28)39(29-14-7-8-15-29)42-44(40)30-16-11-17-31(25-30)46-32-20-21-34-33-18-9-10-19-35(33)43(36(34)26-32)37-24-27(2)22-23-41-37;/h4-6,9-13,16-24,29H,3,7-8,14-15H2,1-2H3;/q-2;+2. The minimum absolute atomic E-state index is 0. The Labute approximate surface area is 289 Å². The van der Waals surface area contributed by atoms with Gasteiger partial charge in [-0.2, -0.15) is 17.2 Å². The number of aromatic nitrogens is 4. The van der Waals surface area contributed by atoms with Gasteiger partial charge < -0.3 is 14.0 Å². The summed E-state index contributed by atoms with van der Waals surface area (Å²) in [6.45, 7) is 4.63. The first kappa shape index (κ1) is 31.0. The van der Waals surface area contributed by atoms with Gasteiger partial charge >= 0.3 is 21.1 Å². The SMILES string of the molecule is CCOc1c(-c2ccccc2)c(C2CCCC2)nn1-c1[c-]c(Oc2[c-]c3c(cc2)c2ccccc2n3-c2cc(C)ccn2)ccc1.[Pt+2]. The van der Waals surface area contributed by atoms with Crippen molar-refractivity contribution in [3.05, 3.63) is 127 Å². The molecule has 8 rings (SSSR count). The number of hydrogen-bond donors (Lipinski definition) is 0. The molecule has 7 heteroatoms. The predicted octanol–water partition coefficient (Wildman–Crippen LogP) is 9.79. The second-order valence-electron chi connectivity index (χ2n) is 11.9. The van der Waals surface area contributed by atoms with Gasteiger partial charge in [0.25, 0.3) is 0 Å². The second-order valence-corrected chi connectivity index (χ2v) is 11.9. The van der Waals surface area contributed by atoms with Crippen LogP contribution < -0.4 is 9.47 Å². The fourth-order valence-corrected chi connectivity index (χ4v) is 6.77. The molecular weight excluding hydrogens is 764 g/mol. The molecule has 6 nitrogen and oxygen atoms in total. The van der Waals surface area contributed by atoms with Crippen LogP contribution in [0.2, 0.25) is 0 Å². The maximum atomic E-state index is 6.45. The number of para-hydroxylation sites is 1.